The molecule has 1 aromatic rings. The third kappa shape index (κ3) is 3.68. The highest BCUT2D eigenvalue weighted by atomic mass is 19.4. The Balaban J connectivity index is 2.90. The van der Waals surface area contributed by atoms with Gasteiger partial charge in [0.2, 0.25) is 0 Å². The Morgan fingerprint density at radius 3 is 2.39 bits per heavy atom. The molecule has 0 saturated heterocycles. The molecule has 1 aromatic carbocycles. The molecule has 0 bridgehead atoms. The van der Waals surface area contributed by atoms with Crippen LogP contribution in [0.5, 0.6) is 0 Å². The van der Waals surface area contributed by atoms with Crippen LogP contribution in [-0.4, -0.2) is 6.54 Å². The predicted octanol–water partition coefficient (Wildman–Crippen LogP) is 2.97. The van der Waals surface area contributed by atoms with Gasteiger partial charge in [-0.2, -0.15) is 13.2 Å². The number of hydrogen-bond donors (Lipinski definition) is 2. The third-order valence-electron chi connectivity index (χ3n) is 2.70. The van der Waals surface area contributed by atoms with Crippen LogP contribution in [0, 0.1) is 5.82 Å². The fraction of sp³-hybridized carbons (Fsp3) is 0.500. The van der Waals surface area contributed by atoms with Crippen molar-refractivity contribution in [2.75, 3.05) is 6.54 Å². The minimum atomic E-state index is -4.70. The first kappa shape index (κ1) is 14.9. The van der Waals surface area contributed by atoms with Crippen molar-refractivity contribution in [1.82, 2.24) is 0 Å². The summed E-state index contributed by atoms with van der Waals surface area (Å²) in [6.07, 6.45) is -2.91. The summed E-state index contributed by atoms with van der Waals surface area (Å²) in [6.45, 7) is 0.484. The molecule has 0 aromatic heterocycles. The molecule has 6 heteroatoms. The van der Waals surface area contributed by atoms with Crippen LogP contribution in [0.15, 0.2) is 18.2 Å². The molecule has 1 atom stereocenters. The maximum absolute atomic E-state index is 13.7. The summed E-state index contributed by atoms with van der Waals surface area (Å²) in [4.78, 5) is 0. The Morgan fingerprint density at radius 1 is 1.17 bits per heavy atom. The van der Waals surface area contributed by atoms with E-state index in [2.05, 4.69) is 0 Å². The summed E-state index contributed by atoms with van der Waals surface area (Å²) in [5.74, 6) is -1.27. The van der Waals surface area contributed by atoms with Gasteiger partial charge in [-0.3, -0.25) is 0 Å². The van der Waals surface area contributed by atoms with Gasteiger partial charge in [0.15, 0.2) is 0 Å². The quantitative estimate of drug-likeness (QED) is 0.634. The number of benzene rings is 1. The minimum absolute atomic E-state index is 0.0955. The van der Waals surface area contributed by atoms with Crippen molar-refractivity contribution in [3.05, 3.63) is 35.1 Å². The molecule has 0 unspecified atom stereocenters. The second-order valence-corrected chi connectivity index (χ2v) is 4.10. The van der Waals surface area contributed by atoms with Crippen LogP contribution in [-0.2, 0) is 6.18 Å². The van der Waals surface area contributed by atoms with Crippen molar-refractivity contribution in [2.45, 2.75) is 31.5 Å². The second-order valence-electron chi connectivity index (χ2n) is 4.10. The maximum atomic E-state index is 13.7. The van der Waals surface area contributed by atoms with E-state index in [0.29, 0.717) is 31.9 Å². The number of hydrogen-bond acceptors (Lipinski definition) is 2. The van der Waals surface area contributed by atoms with Crippen molar-refractivity contribution < 1.29 is 17.6 Å². The van der Waals surface area contributed by atoms with Gasteiger partial charge in [0, 0.05) is 11.6 Å². The molecule has 0 saturated carbocycles. The van der Waals surface area contributed by atoms with E-state index in [1.165, 1.54) is 12.1 Å². The van der Waals surface area contributed by atoms with Gasteiger partial charge in [0.1, 0.15) is 5.82 Å². The van der Waals surface area contributed by atoms with Crippen molar-refractivity contribution in [2.24, 2.45) is 11.5 Å². The number of halogens is 4. The van der Waals surface area contributed by atoms with E-state index in [1.54, 1.807) is 0 Å². The zero-order valence-electron chi connectivity index (χ0n) is 9.80. The number of rotatable bonds is 5. The first-order valence-corrected chi connectivity index (χ1v) is 5.69. The Kier molecular flexibility index (Phi) is 5.10. The number of alkyl halides is 3. The molecule has 0 radical (unpaired) electrons. The van der Waals surface area contributed by atoms with Gasteiger partial charge in [0.05, 0.1) is 5.56 Å². The highest BCUT2D eigenvalue weighted by Crippen LogP contribution is 2.34. The lowest BCUT2D eigenvalue weighted by molar-refractivity contribution is -0.140. The zero-order valence-corrected chi connectivity index (χ0v) is 9.80. The third-order valence-corrected chi connectivity index (χ3v) is 2.70. The van der Waals surface area contributed by atoms with Crippen LogP contribution in [0.1, 0.15) is 36.4 Å². The summed E-state index contributed by atoms with van der Waals surface area (Å²) in [7, 11) is 0. The van der Waals surface area contributed by atoms with Crippen LogP contribution >= 0.6 is 0 Å². The first-order chi connectivity index (χ1) is 8.38. The van der Waals surface area contributed by atoms with Gasteiger partial charge in [-0.15, -0.1) is 0 Å². The monoisotopic (exact) mass is 264 g/mol. The molecule has 0 aliphatic heterocycles. The van der Waals surface area contributed by atoms with E-state index in [-0.39, 0.29) is 5.56 Å². The average Bonchev–Trinajstić information content (AvgIpc) is 2.28. The fourth-order valence-corrected chi connectivity index (χ4v) is 1.72. The topological polar surface area (TPSA) is 52.0 Å². The van der Waals surface area contributed by atoms with Gasteiger partial charge in [0.25, 0.3) is 0 Å². The molecule has 2 nitrogen and oxygen atoms in total. The molecule has 0 aliphatic carbocycles. The van der Waals surface area contributed by atoms with Crippen molar-refractivity contribution in [3.8, 4) is 0 Å². The number of unbranched alkanes of at least 4 members (excludes halogenated alkanes) is 1. The van der Waals surface area contributed by atoms with Crippen LogP contribution < -0.4 is 11.5 Å². The Bertz CT molecular complexity index is 390. The summed E-state index contributed by atoms with van der Waals surface area (Å²) < 4.78 is 51.2. The van der Waals surface area contributed by atoms with E-state index in [1.807, 2.05) is 0 Å². The van der Waals surface area contributed by atoms with E-state index >= 15 is 0 Å². The summed E-state index contributed by atoms with van der Waals surface area (Å²) in [6, 6.07) is 2.44. The fourth-order valence-electron chi connectivity index (χ4n) is 1.72. The molecule has 0 heterocycles. The lowest BCUT2D eigenvalue weighted by Crippen LogP contribution is -2.16. The van der Waals surface area contributed by atoms with Crippen LogP contribution in [0.4, 0.5) is 17.6 Å². The Morgan fingerprint density at radius 2 is 1.83 bits per heavy atom. The number of nitrogens with two attached hydrogens (primary N) is 2. The lowest BCUT2D eigenvalue weighted by atomic mass is 9.99. The second kappa shape index (κ2) is 6.15. The van der Waals surface area contributed by atoms with Gasteiger partial charge in [-0.25, -0.2) is 4.39 Å². The molecule has 1 rings (SSSR count). The van der Waals surface area contributed by atoms with Crippen LogP contribution in [0.3, 0.4) is 0 Å². The highest BCUT2D eigenvalue weighted by Gasteiger charge is 2.35. The molecule has 0 amide bonds. The smallest absolute Gasteiger partial charge is 0.330 e. The molecule has 102 valence electrons. The SMILES string of the molecule is NCCCC[C@@H](N)c1cccc(C(F)(F)F)c1F. The molecule has 4 N–H and O–H groups in total. The minimum Gasteiger partial charge on any atom is -0.330 e. The van der Waals surface area contributed by atoms with Crippen molar-refractivity contribution >= 4 is 0 Å². The first-order valence-electron chi connectivity index (χ1n) is 5.69. The molecule has 0 spiro atoms. The predicted molar refractivity (Wildman–Crippen MR) is 61.2 cm³/mol. The van der Waals surface area contributed by atoms with Crippen molar-refractivity contribution in [3.63, 3.8) is 0 Å². The Hall–Kier alpha value is -1.14. The standard InChI is InChI=1S/C12H16F4N2/c13-11-8(10(18)6-1-2-7-17)4-3-5-9(11)12(14,15)16/h3-5,10H,1-2,6-7,17-18H2/t10-/m1/s1. The molecular formula is C12H16F4N2. The van der Waals surface area contributed by atoms with Crippen molar-refractivity contribution in [1.29, 1.82) is 0 Å². The summed E-state index contributed by atoms with van der Waals surface area (Å²) in [5.41, 5.74) is 9.64. The van der Waals surface area contributed by atoms with Crippen LogP contribution in [0.25, 0.3) is 0 Å². The average molecular weight is 264 g/mol. The van der Waals surface area contributed by atoms with Gasteiger partial charge >= 0.3 is 6.18 Å². The van der Waals surface area contributed by atoms with Gasteiger partial charge in [-0.05, 0) is 25.5 Å². The zero-order chi connectivity index (χ0) is 13.8. The lowest BCUT2D eigenvalue weighted by Gasteiger charge is -2.16. The largest absolute Gasteiger partial charge is 0.419 e. The maximum Gasteiger partial charge on any atom is 0.419 e. The molecular weight excluding hydrogens is 248 g/mol. The van der Waals surface area contributed by atoms with E-state index < -0.39 is 23.6 Å². The summed E-state index contributed by atoms with van der Waals surface area (Å²) in [5, 5.41) is 0. The summed E-state index contributed by atoms with van der Waals surface area (Å²) >= 11 is 0. The van der Waals surface area contributed by atoms with E-state index in [4.69, 9.17) is 11.5 Å². The van der Waals surface area contributed by atoms with E-state index in [0.717, 1.165) is 0 Å². The Labute approximate surface area is 103 Å². The van der Waals surface area contributed by atoms with Gasteiger partial charge in [-0.1, -0.05) is 18.6 Å². The van der Waals surface area contributed by atoms with Crippen LogP contribution in [0.2, 0.25) is 0 Å². The highest BCUT2D eigenvalue weighted by molar-refractivity contribution is 5.30. The van der Waals surface area contributed by atoms with Gasteiger partial charge < -0.3 is 11.5 Å². The molecule has 0 fully saturated rings. The van der Waals surface area contributed by atoms with E-state index in [9.17, 15) is 17.6 Å². The molecule has 0 aliphatic rings. The molecule has 18 heavy (non-hydrogen) atoms. The normalized spacial score (nSPS) is 13.7.